The molecule has 0 unspecified atom stereocenters. The lowest BCUT2D eigenvalue weighted by Crippen LogP contribution is -2.32. The van der Waals surface area contributed by atoms with Crippen molar-refractivity contribution in [3.8, 4) is 5.75 Å². The molecule has 0 saturated carbocycles. The van der Waals surface area contributed by atoms with Gasteiger partial charge in [-0.3, -0.25) is 4.79 Å². The second kappa shape index (κ2) is 5.72. The van der Waals surface area contributed by atoms with Crippen molar-refractivity contribution in [1.29, 1.82) is 0 Å². The van der Waals surface area contributed by atoms with Gasteiger partial charge in [-0.05, 0) is 44.9 Å². The summed E-state index contributed by atoms with van der Waals surface area (Å²) in [5.74, 6) is 0.607. The van der Waals surface area contributed by atoms with Gasteiger partial charge in [0.2, 0.25) is 0 Å². The highest BCUT2D eigenvalue weighted by molar-refractivity contribution is 6.31. The van der Waals surface area contributed by atoms with Crippen LogP contribution >= 0.6 is 11.6 Å². The van der Waals surface area contributed by atoms with Crippen molar-refractivity contribution in [2.24, 2.45) is 5.73 Å². The average molecular weight is 270 g/mol. The van der Waals surface area contributed by atoms with Crippen LogP contribution in [0.5, 0.6) is 5.75 Å². The average Bonchev–Trinajstić information content (AvgIpc) is 2.24. The molecule has 0 atom stereocenters. The van der Waals surface area contributed by atoms with E-state index < -0.39 is 0 Å². The van der Waals surface area contributed by atoms with Gasteiger partial charge in [-0.15, -0.1) is 0 Å². The predicted octanol–water partition coefficient (Wildman–Crippen LogP) is 3.36. The lowest BCUT2D eigenvalue weighted by atomic mass is 9.95. The molecule has 1 aromatic carbocycles. The number of halogens is 1. The normalized spacial score (nSPS) is 11.4. The Morgan fingerprint density at radius 3 is 2.56 bits per heavy atom. The molecule has 0 bridgehead atoms. The van der Waals surface area contributed by atoms with E-state index in [-0.39, 0.29) is 11.3 Å². The molecular weight excluding hydrogens is 250 g/mol. The van der Waals surface area contributed by atoms with E-state index in [0.29, 0.717) is 29.2 Å². The molecule has 0 aliphatic carbocycles. The van der Waals surface area contributed by atoms with Crippen molar-refractivity contribution in [2.75, 3.05) is 7.11 Å². The summed E-state index contributed by atoms with van der Waals surface area (Å²) in [7, 11) is 1.56. The van der Waals surface area contributed by atoms with Crippen LogP contribution < -0.4 is 10.5 Å². The molecule has 2 N–H and O–H groups in total. The number of rotatable bonds is 5. The smallest absolute Gasteiger partial charge is 0.166 e. The first-order valence-corrected chi connectivity index (χ1v) is 6.28. The van der Waals surface area contributed by atoms with Crippen LogP contribution in [0.15, 0.2) is 12.1 Å². The molecule has 0 aromatic heterocycles. The number of Topliss-reactive ketones (excluding diaryl/α,β-unsaturated/α-hetero) is 1. The van der Waals surface area contributed by atoms with E-state index in [4.69, 9.17) is 22.1 Å². The van der Waals surface area contributed by atoms with E-state index in [2.05, 4.69) is 0 Å². The molecule has 1 rings (SSSR count). The van der Waals surface area contributed by atoms with Crippen LogP contribution in [-0.2, 0) is 0 Å². The highest BCUT2D eigenvalue weighted by Crippen LogP contribution is 2.29. The van der Waals surface area contributed by atoms with Crippen molar-refractivity contribution in [3.63, 3.8) is 0 Å². The number of aryl methyl sites for hydroxylation is 1. The summed E-state index contributed by atoms with van der Waals surface area (Å²) in [6.45, 7) is 5.68. The summed E-state index contributed by atoms with van der Waals surface area (Å²) in [5, 5.41) is 0.545. The zero-order valence-electron chi connectivity index (χ0n) is 11.3. The van der Waals surface area contributed by atoms with Crippen LogP contribution in [0.1, 0.15) is 42.6 Å². The lowest BCUT2D eigenvalue weighted by molar-refractivity contribution is 0.0969. The maximum atomic E-state index is 12.2. The Balaban J connectivity index is 2.98. The van der Waals surface area contributed by atoms with Gasteiger partial charge in [0, 0.05) is 17.0 Å². The van der Waals surface area contributed by atoms with Crippen LogP contribution in [0.3, 0.4) is 0 Å². The number of carbonyl (C=O) groups excluding carboxylic acids is 1. The first kappa shape index (κ1) is 15.0. The van der Waals surface area contributed by atoms with Crippen molar-refractivity contribution < 1.29 is 9.53 Å². The fraction of sp³-hybridized carbons (Fsp3) is 0.500. The Morgan fingerprint density at radius 2 is 2.06 bits per heavy atom. The molecule has 3 nitrogen and oxygen atoms in total. The van der Waals surface area contributed by atoms with E-state index in [1.807, 2.05) is 20.8 Å². The molecular formula is C14H20ClNO2. The zero-order chi connectivity index (χ0) is 13.9. The largest absolute Gasteiger partial charge is 0.496 e. The minimum atomic E-state index is -0.351. The maximum Gasteiger partial charge on any atom is 0.166 e. The number of nitrogens with two attached hydrogens (primary N) is 1. The van der Waals surface area contributed by atoms with Crippen molar-refractivity contribution in [3.05, 3.63) is 28.3 Å². The molecule has 0 radical (unpaired) electrons. The zero-order valence-corrected chi connectivity index (χ0v) is 12.1. The second-order valence-electron chi connectivity index (χ2n) is 5.22. The molecule has 0 aliphatic rings. The third kappa shape index (κ3) is 4.00. The highest BCUT2D eigenvalue weighted by Gasteiger charge is 2.18. The standard InChI is InChI=1S/C14H20ClNO2/c1-9-7-10(15)8-11(13(9)18-4)12(17)5-6-14(2,3)16/h7-8H,5-6,16H2,1-4H3. The molecule has 0 saturated heterocycles. The van der Waals surface area contributed by atoms with Gasteiger partial charge in [-0.1, -0.05) is 11.6 Å². The molecule has 0 spiro atoms. The Labute approximate surface area is 113 Å². The van der Waals surface area contributed by atoms with E-state index >= 15 is 0 Å². The second-order valence-corrected chi connectivity index (χ2v) is 5.65. The summed E-state index contributed by atoms with van der Waals surface area (Å²) in [6, 6.07) is 3.43. The number of hydrogen-bond acceptors (Lipinski definition) is 3. The van der Waals surface area contributed by atoms with E-state index in [9.17, 15) is 4.79 Å². The van der Waals surface area contributed by atoms with Gasteiger partial charge in [0.1, 0.15) is 5.75 Å². The number of hydrogen-bond donors (Lipinski definition) is 1. The van der Waals surface area contributed by atoms with Gasteiger partial charge in [0.05, 0.1) is 12.7 Å². The lowest BCUT2D eigenvalue weighted by Gasteiger charge is -2.18. The molecule has 0 fully saturated rings. The molecule has 1 aromatic rings. The van der Waals surface area contributed by atoms with Gasteiger partial charge >= 0.3 is 0 Å². The molecule has 100 valence electrons. The van der Waals surface area contributed by atoms with Gasteiger partial charge in [0.25, 0.3) is 0 Å². The summed E-state index contributed by atoms with van der Waals surface area (Å²) >= 11 is 5.98. The van der Waals surface area contributed by atoms with Gasteiger partial charge < -0.3 is 10.5 Å². The molecule has 18 heavy (non-hydrogen) atoms. The number of methoxy groups -OCH3 is 1. The minimum Gasteiger partial charge on any atom is -0.496 e. The number of ether oxygens (including phenoxy) is 1. The van der Waals surface area contributed by atoms with Crippen LogP contribution in [0, 0.1) is 6.92 Å². The van der Waals surface area contributed by atoms with Crippen LogP contribution in [-0.4, -0.2) is 18.4 Å². The quantitative estimate of drug-likeness (QED) is 0.834. The van der Waals surface area contributed by atoms with E-state index in [1.165, 1.54) is 0 Å². The van der Waals surface area contributed by atoms with Gasteiger partial charge in [0.15, 0.2) is 5.78 Å². The summed E-state index contributed by atoms with van der Waals surface area (Å²) in [5.41, 5.74) is 6.93. The third-order valence-corrected chi connectivity index (χ3v) is 2.96. The Morgan fingerprint density at radius 1 is 1.44 bits per heavy atom. The fourth-order valence-electron chi connectivity index (χ4n) is 1.78. The van der Waals surface area contributed by atoms with Crippen LogP contribution in [0.25, 0.3) is 0 Å². The SMILES string of the molecule is COc1c(C)cc(Cl)cc1C(=O)CCC(C)(C)N. The number of ketones is 1. The third-order valence-electron chi connectivity index (χ3n) is 2.74. The molecule has 0 heterocycles. The highest BCUT2D eigenvalue weighted by atomic mass is 35.5. The summed E-state index contributed by atoms with van der Waals surface area (Å²) in [4.78, 5) is 12.2. The summed E-state index contributed by atoms with van der Waals surface area (Å²) < 4.78 is 5.27. The Hall–Kier alpha value is -1.06. The minimum absolute atomic E-state index is 0.0102. The van der Waals surface area contributed by atoms with Gasteiger partial charge in [-0.2, -0.15) is 0 Å². The van der Waals surface area contributed by atoms with Crippen molar-refractivity contribution >= 4 is 17.4 Å². The first-order chi connectivity index (χ1) is 8.24. The number of benzene rings is 1. The topological polar surface area (TPSA) is 52.3 Å². The summed E-state index contributed by atoms with van der Waals surface area (Å²) in [6.07, 6.45) is 1.01. The monoisotopic (exact) mass is 269 g/mol. The first-order valence-electron chi connectivity index (χ1n) is 5.91. The van der Waals surface area contributed by atoms with Crippen molar-refractivity contribution in [1.82, 2.24) is 0 Å². The van der Waals surface area contributed by atoms with Crippen LogP contribution in [0.4, 0.5) is 0 Å². The maximum absolute atomic E-state index is 12.2. The molecule has 0 amide bonds. The Bertz CT molecular complexity index is 450. The van der Waals surface area contributed by atoms with Crippen LogP contribution in [0.2, 0.25) is 5.02 Å². The Kier molecular flexibility index (Phi) is 4.77. The van der Waals surface area contributed by atoms with E-state index in [0.717, 1.165) is 5.56 Å². The molecule has 4 heteroatoms. The van der Waals surface area contributed by atoms with Crippen molar-refractivity contribution in [2.45, 2.75) is 39.2 Å². The van der Waals surface area contributed by atoms with Gasteiger partial charge in [-0.25, -0.2) is 0 Å². The number of carbonyl (C=O) groups is 1. The van der Waals surface area contributed by atoms with E-state index in [1.54, 1.807) is 19.2 Å². The predicted molar refractivity (Wildman–Crippen MR) is 74.6 cm³/mol. The fourth-order valence-corrected chi connectivity index (χ4v) is 2.05. The molecule has 0 aliphatic heterocycles.